The van der Waals surface area contributed by atoms with E-state index in [4.69, 9.17) is 18.3 Å². The second-order valence-corrected chi connectivity index (χ2v) is 7.39. The number of hydrogen-bond acceptors (Lipinski definition) is 8. The molecule has 2 aromatic heterocycles. The number of allylic oxidation sites excluding steroid dienone is 2. The van der Waals surface area contributed by atoms with Crippen LogP contribution in [0.4, 0.5) is 0 Å². The van der Waals surface area contributed by atoms with Crippen molar-refractivity contribution in [1.82, 2.24) is 15.3 Å². The highest BCUT2D eigenvalue weighted by molar-refractivity contribution is 5.97. The number of ether oxygens (including phenoxy) is 2. The van der Waals surface area contributed by atoms with E-state index in [1.165, 1.54) is 0 Å². The molecule has 1 amide bonds. The minimum absolute atomic E-state index is 0.129. The lowest BCUT2D eigenvalue weighted by molar-refractivity contribution is 0.0948. The largest absolute Gasteiger partial charge is 0.493 e. The van der Waals surface area contributed by atoms with Crippen LogP contribution in [0, 0.1) is 13.8 Å². The predicted octanol–water partition coefficient (Wildman–Crippen LogP) is 4.36. The first-order valence-electron chi connectivity index (χ1n) is 10.8. The second kappa shape index (κ2) is 11.6. The zero-order valence-electron chi connectivity index (χ0n) is 20.1. The van der Waals surface area contributed by atoms with Crippen LogP contribution >= 0.6 is 0 Å². The summed E-state index contributed by atoms with van der Waals surface area (Å²) in [6.45, 7) is 7.17. The van der Waals surface area contributed by atoms with Gasteiger partial charge in [0.15, 0.2) is 23.0 Å². The molecule has 0 fully saturated rings. The van der Waals surface area contributed by atoms with Crippen LogP contribution in [0.15, 0.2) is 51.8 Å². The number of oxazole rings is 2. The number of aryl methyl sites for hydroxylation is 2. The highest BCUT2D eigenvalue weighted by Crippen LogP contribution is 2.28. The summed E-state index contributed by atoms with van der Waals surface area (Å²) < 4.78 is 21.7. The molecule has 0 radical (unpaired) electrons. The van der Waals surface area contributed by atoms with Crippen LogP contribution < -0.4 is 14.8 Å². The molecule has 0 aliphatic heterocycles. The Bertz CT molecular complexity index is 1280. The number of hydrogen-bond donors (Lipinski definition) is 1. The van der Waals surface area contributed by atoms with Gasteiger partial charge in [-0.2, -0.15) is 0 Å². The number of rotatable bonds is 11. The molecule has 2 heterocycles. The lowest BCUT2D eigenvalue weighted by Crippen LogP contribution is -2.24. The topological polar surface area (TPSA) is 117 Å². The monoisotopic (exact) mass is 477 g/mol. The van der Waals surface area contributed by atoms with E-state index in [0.29, 0.717) is 29.6 Å². The van der Waals surface area contributed by atoms with Gasteiger partial charge in [-0.25, -0.2) is 9.97 Å². The summed E-state index contributed by atoms with van der Waals surface area (Å²) in [5.41, 5.74) is 1.15. The molecular formula is C26H27N3O6. The van der Waals surface area contributed by atoms with Crippen molar-refractivity contribution in [2.75, 3.05) is 20.8 Å². The first-order chi connectivity index (χ1) is 16.9. The maximum absolute atomic E-state index is 12.8. The standard InChI is InChI=1S/C26H27N3O6/c1-6-7-8-13-27-26(31)25-17(3)35-23(29-25)15-19(30)24-16(2)34-22(28-24)12-10-18-9-11-20(32-4)21(14-18)33-5/h6-12,14H,1,13,15H2,2-5H3,(H,27,31). The van der Waals surface area contributed by atoms with Crippen molar-refractivity contribution >= 4 is 23.8 Å². The van der Waals surface area contributed by atoms with Gasteiger partial charge in [0.2, 0.25) is 11.8 Å². The maximum atomic E-state index is 12.8. The van der Waals surface area contributed by atoms with Crippen LogP contribution in [0.5, 0.6) is 11.5 Å². The van der Waals surface area contributed by atoms with Gasteiger partial charge in [0.25, 0.3) is 5.91 Å². The zero-order chi connectivity index (χ0) is 25.4. The van der Waals surface area contributed by atoms with E-state index < -0.39 is 0 Å². The maximum Gasteiger partial charge on any atom is 0.273 e. The van der Waals surface area contributed by atoms with E-state index >= 15 is 0 Å². The highest BCUT2D eigenvalue weighted by atomic mass is 16.5. The summed E-state index contributed by atoms with van der Waals surface area (Å²) in [4.78, 5) is 33.6. The number of amides is 1. The quantitative estimate of drug-likeness (QED) is 0.320. The second-order valence-electron chi connectivity index (χ2n) is 7.39. The molecule has 3 aromatic rings. The Balaban J connectivity index is 1.69. The fourth-order valence-corrected chi connectivity index (χ4v) is 3.23. The summed E-state index contributed by atoms with van der Waals surface area (Å²) in [7, 11) is 3.13. The van der Waals surface area contributed by atoms with Gasteiger partial charge in [0.05, 0.1) is 20.6 Å². The fraction of sp³-hybridized carbons (Fsp3) is 0.231. The number of aromatic nitrogens is 2. The van der Waals surface area contributed by atoms with E-state index in [9.17, 15) is 9.59 Å². The molecule has 3 rings (SSSR count). The minimum Gasteiger partial charge on any atom is -0.493 e. The Morgan fingerprint density at radius 3 is 2.49 bits per heavy atom. The van der Waals surface area contributed by atoms with E-state index in [2.05, 4.69) is 21.9 Å². The number of Topliss-reactive ketones (excluding diaryl/α,β-unsaturated/α-hetero) is 1. The SMILES string of the molecule is C=CC=CCNC(=O)c1nc(CC(=O)c2nc(C=Cc3ccc(OC)c(OC)c3)oc2C)oc1C. The van der Waals surface area contributed by atoms with Gasteiger partial charge in [-0.1, -0.05) is 30.9 Å². The number of methoxy groups -OCH3 is 2. The molecule has 0 unspecified atom stereocenters. The third kappa shape index (κ3) is 6.35. The Hall–Kier alpha value is -4.40. The van der Waals surface area contributed by atoms with E-state index in [0.717, 1.165) is 5.56 Å². The van der Waals surface area contributed by atoms with Gasteiger partial charge in [-0.05, 0) is 37.6 Å². The van der Waals surface area contributed by atoms with Crippen molar-refractivity contribution in [3.63, 3.8) is 0 Å². The van der Waals surface area contributed by atoms with Gasteiger partial charge in [0, 0.05) is 12.6 Å². The lowest BCUT2D eigenvalue weighted by Gasteiger charge is -2.07. The van der Waals surface area contributed by atoms with Crippen LogP contribution in [0.25, 0.3) is 12.2 Å². The molecule has 0 atom stereocenters. The average molecular weight is 478 g/mol. The van der Waals surface area contributed by atoms with Crippen molar-refractivity contribution in [1.29, 1.82) is 0 Å². The van der Waals surface area contributed by atoms with Gasteiger partial charge in [-0.15, -0.1) is 0 Å². The normalized spacial score (nSPS) is 11.2. The number of nitrogens with zero attached hydrogens (tertiary/aromatic N) is 2. The molecule has 1 aromatic carbocycles. The Kier molecular flexibility index (Phi) is 8.39. The molecule has 0 bridgehead atoms. The third-order valence-corrected chi connectivity index (χ3v) is 4.92. The smallest absolute Gasteiger partial charge is 0.273 e. The number of carbonyl (C=O) groups is 2. The van der Waals surface area contributed by atoms with E-state index in [-0.39, 0.29) is 41.3 Å². The molecule has 1 N–H and O–H groups in total. The molecule has 0 aliphatic rings. The Labute approximate surface area is 203 Å². The molecule has 182 valence electrons. The summed E-state index contributed by atoms with van der Waals surface area (Å²) in [6, 6.07) is 5.46. The van der Waals surface area contributed by atoms with Crippen molar-refractivity contribution in [3.05, 3.63) is 83.3 Å². The Morgan fingerprint density at radius 2 is 1.77 bits per heavy atom. The van der Waals surface area contributed by atoms with Gasteiger partial charge >= 0.3 is 0 Å². The Morgan fingerprint density at radius 1 is 1.03 bits per heavy atom. The average Bonchev–Trinajstić information content (AvgIpc) is 3.41. The molecule has 0 saturated heterocycles. The van der Waals surface area contributed by atoms with Crippen molar-refractivity contribution in [2.45, 2.75) is 20.3 Å². The first-order valence-corrected chi connectivity index (χ1v) is 10.8. The zero-order valence-corrected chi connectivity index (χ0v) is 20.1. The van der Waals surface area contributed by atoms with Crippen LogP contribution in [-0.4, -0.2) is 42.4 Å². The fourth-order valence-electron chi connectivity index (χ4n) is 3.23. The molecule has 9 nitrogen and oxygen atoms in total. The predicted molar refractivity (Wildman–Crippen MR) is 131 cm³/mol. The van der Waals surface area contributed by atoms with Crippen molar-refractivity contribution < 1.29 is 27.9 Å². The molecule has 0 spiro atoms. The minimum atomic E-state index is -0.390. The van der Waals surface area contributed by atoms with Gasteiger partial charge in [0.1, 0.15) is 17.2 Å². The van der Waals surface area contributed by atoms with Gasteiger partial charge in [-0.3, -0.25) is 9.59 Å². The number of nitrogens with one attached hydrogen (secondary N) is 1. The van der Waals surface area contributed by atoms with Crippen LogP contribution in [0.3, 0.4) is 0 Å². The van der Waals surface area contributed by atoms with Crippen LogP contribution in [0.2, 0.25) is 0 Å². The van der Waals surface area contributed by atoms with Crippen molar-refractivity contribution in [2.24, 2.45) is 0 Å². The summed E-state index contributed by atoms with van der Waals surface area (Å²) in [5.74, 6) is 1.60. The number of carbonyl (C=O) groups excluding carboxylic acids is 2. The number of ketones is 1. The number of benzene rings is 1. The lowest BCUT2D eigenvalue weighted by atomic mass is 10.2. The molecule has 0 aliphatic carbocycles. The summed E-state index contributed by atoms with van der Waals surface area (Å²) >= 11 is 0. The van der Waals surface area contributed by atoms with Gasteiger partial charge < -0.3 is 23.6 Å². The molecule has 9 heteroatoms. The summed E-state index contributed by atoms with van der Waals surface area (Å²) in [5, 5.41) is 2.70. The first kappa shape index (κ1) is 25.2. The van der Waals surface area contributed by atoms with Crippen molar-refractivity contribution in [3.8, 4) is 11.5 Å². The third-order valence-electron chi connectivity index (χ3n) is 4.92. The highest BCUT2D eigenvalue weighted by Gasteiger charge is 2.22. The summed E-state index contributed by atoms with van der Waals surface area (Å²) in [6.07, 6.45) is 8.36. The molecule has 0 saturated carbocycles. The van der Waals surface area contributed by atoms with E-state index in [1.807, 2.05) is 12.1 Å². The molecular weight excluding hydrogens is 450 g/mol. The van der Waals surface area contributed by atoms with Crippen LogP contribution in [-0.2, 0) is 6.42 Å². The molecule has 35 heavy (non-hydrogen) atoms. The van der Waals surface area contributed by atoms with E-state index in [1.54, 1.807) is 64.5 Å². The van der Waals surface area contributed by atoms with Crippen LogP contribution in [0.1, 0.15) is 49.8 Å².